The Bertz CT molecular complexity index is 1400. The average molecular weight is 432 g/mol. The van der Waals surface area contributed by atoms with Crippen LogP contribution < -0.4 is 5.56 Å². The highest BCUT2D eigenvalue weighted by Crippen LogP contribution is 2.27. The minimum absolute atomic E-state index is 0.0248. The van der Waals surface area contributed by atoms with Gasteiger partial charge in [-0.05, 0) is 18.6 Å². The van der Waals surface area contributed by atoms with Gasteiger partial charge in [-0.25, -0.2) is 0 Å². The van der Waals surface area contributed by atoms with Crippen LogP contribution in [0.1, 0.15) is 25.5 Å². The quantitative estimate of drug-likeness (QED) is 0.345. The molecule has 3 heterocycles. The van der Waals surface area contributed by atoms with E-state index in [9.17, 15) is 4.79 Å². The molecule has 3 aromatic heterocycles. The van der Waals surface area contributed by atoms with E-state index in [0.717, 1.165) is 35.4 Å². The maximum Gasteiger partial charge on any atom is 0.262 e. The molecule has 0 aliphatic heterocycles. The fourth-order valence-electron chi connectivity index (χ4n) is 3.61. The van der Waals surface area contributed by atoms with Crippen LogP contribution in [0, 0.1) is 0 Å². The van der Waals surface area contributed by atoms with E-state index in [2.05, 4.69) is 22.3 Å². The number of rotatable bonds is 7. The molecule has 0 amide bonds. The second-order valence-corrected chi connectivity index (χ2v) is 8.22. The van der Waals surface area contributed by atoms with Crippen LogP contribution in [0.5, 0.6) is 0 Å². The Balaban J connectivity index is 1.50. The van der Waals surface area contributed by atoms with Crippen LogP contribution in [-0.4, -0.2) is 24.3 Å². The molecule has 0 bridgehead atoms. The van der Waals surface area contributed by atoms with Crippen molar-refractivity contribution >= 4 is 28.4 Å². The molecule has 0 N–H and O–H groups in total. The monoisotopic (exact) mass is 431 g/mol. The first-order chi connectivity index (χ1) is 15.3. The molecule has 5 rings (SSSR count). The van der Waals surface area contributed by atoms with Crippen LogP contribution in [0.3, 0.4) is 0 Å². The van der Waals surface area contributed by atoms with Gasteiger partial charge in [0.25, 0.3) is 5.56 Å². The van der Waals surface area contributed by atoms with Crippen LogP contribution in [-0.2, 0) is 12.3 Å². The normalized spacial score (nSPS) is 11.5. The van der Waals surface area contributed by atoms with Crippen LogP contribution in [0.2, 0.25) is 0 Å². The van der Waals surface area contributed by atoms with Gasteiger partial charge in [0, 0.05) is 18.2 Å². The zero-order valence-electron chi connectivity index (χ0n) is 17.1. The highest BCUT2D eigenvalue weighted by Gasteiger charge is 2.17. The van der Waals surface area contributed by atoms with E-state index in [1.165, 1.54) is 11.8 Å². The first-order valence-corrected chi connectivity index (χ1v) is 11.3. The summed E-state index contributed by atoms with van der Waals surface area (Å²) in [5, 5.41) is 14.3. The topological polar surface area (TPSA) is 78.2 Å². The van der Waals surface area contributed by atoms with Gasteiger partial charge in [0.1, 0.15) is 11.5 Å². The molecule has 0 fully saturated rings. The van der Waals surface area contributed by atoms with Gasteiger partial charge < -0.3 is 4.52 Å². The van der Waals surface area contributed by atoms with Gasteiger partial charge in [-0.15, -0.1) is 10.2 Å². The Hall–Kier alpha value is -3.39. The molecule has 0 atom stereocenters. The molecule has 2 aromatic carbocycles. The number of benzene rings is 2. The summed E-state index contributed by atoms with van der Waals surface area (Å²) in [6.45, 7) is 2.73. The summed E-state index contributed by atoms with van der Waals surface area (Å²) in [6.07, 6.45) is 1.90. The SMILES string of the molecule is CCCCn1c(=O)c2ccccc2n2c(SCc3cc(-c4ccccc4)no3)nnc12. The number of unbranched alkanes of at least 4 members (excludes halogenated alkanes) is 1. The number of nitrogens with zero attached hydrogens (tertiary/aromatic N) is 5. The molecule has 31 heavy (non-hydrogen) atoms. The molecular weight excluding hydrogens is 410 g/mol. The molecule has 0 saturated carbocycles. The molecule has 0 radical (unpaired) electrons. The van der Waals surface area contributed by atoms with Crippen molar-refractivity contribution < 1.29 is 4.52 Å². The van der Waals surface area contributed by atoms with E-state index in [1.807, 2.05) is 65.1 Å². The summed E-state index contributed by atoms with van der Waals surface area (Å²) in [5.74, 6) is 1.88. The molecule has 0 saturated heterocycles. The van der Waals surface area contributed by atoms with Gasteiger partial charge in [-0.2, -0.15) is 0 Å². The number of aryl methyl sites for hydroxylation is 1. The molecule has 0 aliphatic rings. The summed E-state index contributed by atoms with van der Waals surface area (Å²) in [7, 11) is 0. The van der Waals surface area contributed by atoms with Crippen molar-refractivity contribution in [3.05, 3.63) is 76.8 Å². The van der Waals surface area contributed by atoms with Crippen LogP contribution in [0.15, 0.2) is 75.1 Å². The number of para-hydroxylation sites is 1. The second-order valence-electron chi connectivity index (χ2n) is 7.28. The fourth-order valence-corrected chi connectivity index (χ4v) is 4.42. The third-order valence-corrected chi connectivity index (χ3v) is 6.14. The first-order valence-electron chi connectivity index (χ1n) is 10.3. The van der Waals surface area contributed by atoms with Gasteiger partial charge in [0.05, 0.1) is 16.7 Å². The third kappa shape index (κ3) is 3.63. The Morgan fingerprint density at radius 2 is 1.84 bits per heavy atom. The summed E-state index contributed by atoms with van der Waals surface area (Å²) >= 11 is 1.51. The van der Waals surface area contributed by atoms with E-state index >= 15 is 0 Å². The third-order valence-electron chi connectivity index (χ3n) is 5.19. The van der Waals surface area contributed by atoms with Crippen molar-refractivity contribution in [1.82, 2.24) is 24.3 Å². The lowest BCUT2D eigenvalue weighted by molar-refractivity contribution is 0.397. The Kier molecular flexibility index (Phi) is 5.30. The van der Waals surface area contributed by atoms with Crippen molar-refractivity contribution in [2.24, 2.45) is 0 Å². The minimum atomic E-state index is -0.0248. The van der Waals surface area contributed by atoms with Crippen molar-refractivity contribution in [2.75, 3.05) is 0 Å². The van der Waals surface area contributed by atoms with Crippen molar-refractivity contribution in [1.29, 1.82) is 0 Å². The number of aromatic nitrogens is 5. The molecule has 8 heteroatoms. The lowest BCUT2D eigenvalue weighted by Crippen LogP contribution is -2.23. The maximum atomic E-state index is 13.0. The highest BCUT2D eigenvalue weighted by atomic mass is 32.2. The van der Waals surface area contributed by atoms with E-state index in [0.29, 0.717) is 28.6 Å². The molecule has 0 spiro atoms. The lowest BCUT2D eigenvalue weighted by Gasteiger charge is -2.10. The molecule has 7 nitrogen and oxygen atoms in total. The zero-order chi connectivity index (χ0) is 21.2. The molecule has 0 unspecified atom stereocenters. The summed E-state index contributed by atoms with van der Waals surface area (Å²) < 4.78 is 9.22. The fraction of sp³-hybridized carbons (Fsp3) is 0.217. The van der Waals surface area contributed by atoms with Crippen LogP contribution in [0.4, 0.5) is 0 Å². The predicted molar refractivity (Wildman–Crippen MR) is 121 cm³/mol. The van der Waals surface area contributed by atoms with Gasteiger partial charge in [-0.3, -0.25) is 13.8 Å². The summed E-state index contributed by atoms with van der Waals surface area (Å²) in [6, 6.07) is 19.5. The maximum absolute atomic E-state index is 13.0. The summed E-state index contributed by atoms with van der Waals surface area (Å²) in [5.41, 5.74) is 2.61. The highest BCUT2D eigenvalue weighted by molar-refractivity contribution is 7.98. The first kappa shape index (κ1) is 19.6. The summed E-state index contributed by atoms with van der Waals surface area (Å²) in [4.78, 5) is 13.0. The number of hydrogen-bond acceptors (Lipinski definition) is 6. The van der Waals surface area contributed by atoms with Gasteiger partial charge in [0.15, 0.2) is 5.16 Å². The van der Waals surface area contributed by atoms with Gasteiger partial charge >= 0.3 is 0 Å². The van der Waals surface area contributed by atoms with Crippen LogP contribution >= 0.6 is 11.8 Å². The predicted octanol–water partition coefficient (Wildman–Crippen LogP) is 4.79. The van der Waals surface area contributed by atoms with Gasteiger partial charge in [-0.1, -0.05) is 72.7 Å². The number of fused-ring (bicyclic) bond motifs is 3. The van der Waals surface area contributed by atoms with E-state index in [4.69, 9.17) is 4.52 Å². The minimum Gasteiger partial charge on any atom is -0.360 e. The molecule has 156 valence electrons. The van der Waals surface area contributed by atoms with E-state index < -0.39 is 0 Å². The Labute approximate surface area is 182 Å². The lowest BCUT2D eigenvalue weighted by atomic mass is 10.1. The van der Waals surface area contributed by atoms with Crippen molar-refractivity contribution in [2.45, 2.75) is 37.2 Å². The zero-order valence-corrected chi connectivity index (χ0v) is 17.9. The van der Waals surface area contributed by atoms with E-state index in [1.54, 1.807) is 4.57 Å². The molecule has 0 aliphatic carbocycles. The smallest absolute Gasteiger partial charge is 0.262 e. The molecular formula is C23H21N5O2S. The number of thioether (sulfide) groups is 1. The Morgan fingerprint density at radius 1 is 1.03 bits per heavy atom. The number of hydrogen-bond donors (Lipinski definition) is 0. The average Bonchev–Trinajstić information content (AvgIpc) is 3.46. The largest absolute Gasteiger partial charge is 0.360 e. The van der Waals surface area contributed by atoms with Crippen LogP contribution in [0.25, 0.3) is 27.9 Å². The van der Waals surface area contributed by atoms with Crippen molar-refractivity contribution in [3.8, 4) is 11.3 Å². The molecule has 5 aromatic rings. The van der Waals surface area contributed by atoms with E-state index in [-0.39, 0.29) is 5.56 Å². The standard InChI is InChI=1S/C23H21N5O2S/c1-2-3-13-27-21(29)18-11-7-8-12-20(18)28-22(27)24-25-23(28)31-15-17-14-19(26-30-17)16-9-5-4-6-10-16/h4-12,14H,2-3,13,15H2,1H3. The second kappa shape index (κ2) is 8.39. The Morgan fingerprint density at radius 3 is 2.68 bits per heavy atom. The van der Waals surface area contributed by atoms with Crippen molar-refractivity contribution in [3.63, 3.8) is 0 Å². The van der Waals surface area contributed by atoms with Gasteiger partial charge in [0.2, 0.25) is 5.78 Å².